The maximum absolute atomic E-state index is 5.87. The van der Waals surface area contributed by atoms with Gasteiger partial charge in [0.05, 0.1) is 17.8 Å². The molecule has 2 rings (SSSR count). The van der Waals surface area contributed by atoms with Gasteiger partial charge in [-0.2, -0.15) is 0 Å². The van der Waals surface area contributed by atoms with Crippen molar-refractivity contribution in [2.24, 2.45) is 11.7 Å². The molecule has 1 saturated heterocycles. The molecule has 0 amide bonds. The summed E-state index contributed by atoms with van der Waals surface area (Å²) < 4.78 is 5.43. The largest absolute Gasteiger partial charge is 0.381 e. The van der Waals surface area contributed by atoms with Gasteiger partial charge < -0.3 is 10.5 Å². The quantitative estimate of drug-likeness (QED) is 0.833. The third-order valence-electron chi connectivity index (χ3n) is 3.21. The van der Waals surface area contributed by atoms with E-state index in [-0.39, 0.29) is 0 Å². The molecule has 2 N–H and O–H groups in total. The van der Waals surface area contributed by atoms with E-state index in [1.165, 1.54) is 0 Å². The minimum absolute atomic E-state index is 0.407. The Morgan fingerprint density at radius 3 is 3.19 bits per heavy atom. The van der Waals surface area contributed by atoms with E-state index in [1.807, 2.05) is 5.51 Å². The highest BCUT2D eigenvalue weighted by Crippen LogP contribution is 2.21. The number of nitrogens with two attached hydrogens (primary N) is 1. The third-order valence-corrected chi connectivity index (χ3v) is 3.85. The average Bonchev–Trinajstić information content (AvgIpc) is 2.91. The Balaban J connectivity index is 1.92. The molecular formula is C11H19N3OS. The Morgan fingerprint density at radius 2 is 2.62 bits per heavy atom. The Bertz CT molecular complexity index is 298. The Labute approximate surface area is 100 Å². The maximum atomic E-state index is 5.87. The van der Waals surface area contributed by atoms with E-state index in [0.29, 0.717) is 18.5 Å². The predicted molar refractivity (Wildman–Crippen MR) is 65.3 cm³/mol. The molecule has 2 atom stereocenters. The third kappa shape index (κ3) is 2.79. The smallest absolute Gasteiger partial charge is 0.0795 e. The molecule has 0 bridgehead atoms. The minimum Gasteiger partial charge on any atom is -0.381 e. The van der Waals surface area contributed by atoms with Gasteiger partial charge in [-0.1, -0.05) is 0 Å². The van der Waals surface area contributed by atoms with Gasteiger partial charge >= 0.3 is 0 Å². The van der Waals surface area contributed by atoms with Crippen LogP contribution in [0.1, 0.15) is 12.1 Å². The van der Waals surface area contributed by atoms with Gasteiger partial charge in [0.1, 0.15) is 0 Å². The van der Waals surface area contributed by atoms with Crippen molar-refractivity contribution < 1.29 is 4.74 Å². The molecule has 1 aliphatic heterocycles. The van der Waals surface area contributed by atoms with E-state index >= 15 is 0 Å². The summed E-state index contributed by atoms with van der Waals surface area (Å²) in [5, 5.41) is 2.09. The number of likely N-dealkylation sites (N-methyl/N-ethyl adjacent to an activating group) is 1. The van der Waals surface area contributed by atoms with Gasteiger partial charge in [-0.25, -0.2) is 4.98 Å². The first-order valence-corrected chi connectivity index (χ1v) is 6.60. The van der Waals surface area contributed by atoms with Crippen molar-refractivity contribution in [2.75, 3.05) is 26.8 Å². The molecule has 1 fully saturated rings. The van der Waals surface area contributed by atoms with Crippen LogP contribution in [0.5, 0.6) is 0 Å². The summed E-state index contributed by atoms with van der Waals surface area (Å²) in [6.07, 6.45) is 1.13. The average molecular weight is 241 g/mol. The first-order valence-electron chi connectivity index (χ1n) is 5.66. The van der Waals surface area contributed by atoms with Gasteiger partial charge in [0.2, 0.25) is 0 Å². The summed E-state index contributed by atoms with van der Waals surface area (Å²) in [6, 6.07) is 0.407. The highest BCUT2D eigenvalue weighted by atomic mass is 32.1. The molecule has 0 aromatic carbocycles. The van der Waals surface area contributed by atoms with Crippen molar-refractivity contribution in [1.29, 1.82) is 0 Å². The Hall–Kier alpha value is -0.490. The lowest BCUT2D eigenvalue weighted by Crippen LogP contribution is -2.43. The van der Waals surface area contributed by atoms with Crippen LogP contribution >= 0.6 is 11.3 Å². The summed E-state index contributed by atoms with van der Waals surface area (Å²) in [6.45, 7) is 3.30. The van der Waals surface area contributed by atoms with Crippen LogP contribution in [0.3, 0.4) is 0 Å². The molecule has 1 aliphatic rings. The topological polar surface area (TPSA) is 51.4 Å². The van der Waals surface area contributed by atoms with E-state index in [4.69, 9.17) is 10.5 Å². The van der Waals surface area contributed by atoms with Crippen LogP contribution in [-0.4, -0.2) is 42.7 Å². The summed E-state index contributed by atoms with van der Waals surface area (Å²) in [7, 11) is 2.12. The number of thiazole rings is 1. The van der Waals surface area contributed by atoms with Gasteiger partial charge in [0, 0.05) is 37.0 Å². The fourth-order valence-corrected chi connectivity index (χ4v) is 2.83. The lowest BCUT2D eigenvalue weighted by Gasteiger charge is -2.30. The Kier molecular flexibility index (Phi) is 4.29. The van der Waals surface area contributed by atoms with Crippen LogP contribution in [0.15, 0.2) is 10.9 Å². The van der Waals surface area contributed by atoms with Gasteiger partial charge in [-0.3, -0.25) is 4.90 Å². The van der Waals surface area contributed by atoms with E-state index in [1.54, 1.807) is 11.3 Å². The molecule has 0 spiro atoms. The fraction of sp³-hybridized carbons (Fsp3) is 0.727. The number of aromatic nitrogens is 1. The maximum Gasteiger partial charge on any atom is 0.0795 e. The molecule has 0 saturated carbocycles. The van der Waals surface area contributed by atoms with Gasteiger partial charge in [-0.15, -0.1) is 11.3 Å². The Morgan fingerprint density at radius 1 is 1.75 bits per heavy atom. The first-order chi connectivity index (χ1) is 7.81. The second kappa shape index (κ2) is 5.72. The fourth-order valence-electron chi connectivity index (χ4n) is 2.28. The molecule has 1 aromatic heterocycles. The molecule has 4 nitrogen and oxygen atoms in total. The van der Waals surface area contributed by atoms with Crippen LogP contribution in [0.2, 0.25) is 0 Å². The second-order valence-electron chi connectivity index (χ2n) is 4.32. The molecule has 2 heterocycles. The van der Waals surface area contributed by atoms with Crippen molar-refractivity contribution >= 4 is 11.3 Å². The minimum atomic E-state index is 0.407. The van der Waals surface area contributed by atoms with Crippen molar-refractivity contribution in [3.05, 3.63) is 16.6 Å². The summed E-state index contributed by atoms with van der Waals surface area (Å²) in [5.41, 5.74) is 8.87. The number of nitrogens with zero attached hydrogens (tertiary/aromatic N) is 2. The molecule has 90 valence electrons. The molecule has 16 heavy (non-hydrogen) atoms. The predicted octanol–water partition coefficient (Wildman–Crippen LogP) is 0.939. The highest BCUT2D eigenvalue weighted by Gasteiger charge is 2.27. The van der Waals surface area contributed by atoms with E-state index < -0.39 is 0 Å². The number of ether oxygens (including phenoxy) is 1. The van der Waals surface area contributed by atoms with Crippen molar-refractivity contribution in [1.82, 2.24) is 9.88 Å². The summed E-state index contributed by atoms with van der Waals surface area (Å²) in [4.78, 5) is 6.60. The molecule has 5 heteroatoms. The molecular weight excluding hydrogens is 222 g/mol. The summed E-state index contributed by atoms with van der Waals surface area (Å²) in [5.74, 6) is 0.577. The zero-order valence-electron chi connectivity index (χ0n) is 9.63. The standard InChI is InChI=1S/C11H19N3OS/c1-14(5-10-7-16-8-13-10)11(4-12)9-2-3-15-6-9/h7-9,11H,2-6,12H2,1H3. The zero-order valence-corrected chi connectivity index (χ0v) is 10.4. The lowest BCUT2D eigenvalue weighted by molar-refractivity contribution is 0.136. The van der Waals surface area contributed by atoms with E-state index in [9.17, 15) is 0 Å². The monoisotopic (exact) mass is 241 g/mol. The van der Waals surface area contributed by atoms with Crippen molar-refractivity contribution in [3.8, 4) is 0 Å². The van der Waals surface area contributed by atoms with Crippen molar-refractivity contribution in [3.63, 3.8) is 0 Å². The normalized spacial score (nSPS) is 22.8. The van der Waals surface area contributed by atoms with Crippen LogP contribution in [-0.2, 0) is 11.3 Å². The molecule has 2 unspecified atom stereocenters. The molecule has 0 aliphatic carbocycles. The zero-order chi connectivity index (χ0) is 11.4. The van der Waals surface area contributed by atoms with Crippen LogP contribution in [0.4, 0.5) is 0 Å². The molecule has 1 aromatic rings. The lowest BCUT2D eigenvalue weighted by atomic mass is 9.98. The summed E-state index contributed by atoms with van der Waals surface area (Å²) >= 11 is 1.64. The second-order valence-corrected chi connectivity index (χ2v) is 5.04. The number of hydrogen-bond acceptors (Lipinski definition) is 5. The van der Waals surface area contributed by atoms with Crippen LogP contribution in [0.25, 0.3) is 0 Å². The van der Waals surface area contributed by atoms with Crippen LogP contribution < -0.4 is 5.73 Å². The first kappa shape index (κ1) is 12.0. The van der Waals surface area contributed by atoms with Crippen LogP contribution in [0, 0.1) is 5.92 Å². The van der Waals surface area contributed by atoms with Gasteiger partial charge in [0.15, 0.2) is 0 Å². The highest BCUT2D eigenvalue weighted by molar-refractivity contribution is 7.07. The van der Waals surface area contributed by atoms with E-state index in [2.05, 4.69) is 22.3 Å². The molecule has 0 radical (unpaired) electrons. The number of rotatable bonds is 5. The van der Waals surface area contributed by atoms with Gasteiger partial charge in [0.25, 0.3) is 0 Å². The van der Waals surface area contributed by atoms with Crippen molar-refractivity contribution in [2.45, 2.75) is 19.0 Å². The number of hydrogen-bond donors (Lipinski definition) is 1. The van der Waals surface area contributed by atoms with Gasteiger partial charge in [-0.05, 0) is 13.5 Å². The van der Waals surface area contributed by atoms with E-state index in [0.717, 1.165) is 31.9 Å². The SMILES string of the molecule is CN(Cc1cscn1)C(CN)C1CCOC1.